The zero-order chi connectivity index (χ0) is 18.8. The van der Waals surface area contributed by atoms with Crippen LogP contribution in [0.5, 0.6) is 0 Å². The second-order valence-corrected chi connectivity index (χ2v) is 8.46. The topological polar surface area (TPSA) is 76.5 Å². The van der Waals surface area contributed by atoms with E-state index in [1.54, 1.807) is 6.20 Å². The maximum absolute atomic E-state index is 12.5. The second kappa shape index (κ2) is 7.44. The van der Waals surface area contributed by atoms with E-state index in [1.165, 1.54) is 6.33 Å². The van der Waals surface area contributed by atoms with Crippen LogP contribution in [0.15, 0.2) is 60.0 Å². The number of nitrogens with one attached hydrogen (secondary N) is 1. The summed E-state index contributed by atoms with van der Waals surface area (Å²) in [6.45, 7) is 4.29. The second-order valence-electron chi connectivity index (χ2n) is 6.89. The minimum atomic E-state index is -1.01. The Morgan fingerprint density at radius 1 is 1.19 bits per heavy atom. The Kier molecular flexibility index (Phi) is 4.85. The van der Waals surface area contributed by atoms with Crippen LogP contribution in [0, 0.1) is 5.92 Å². The van der Waals surface area contributed by atoms with Crippen molar-refractivity contribution in [3.05, 3.63) is 55.1 Å². The standard InChI is InChI=1S/C20H21N5OS/c1-14(2)7-9-27(26)18-11-16-6-8-25(20(16)21-12-18)17-5-3-4-15(10-17)19-22-13-23-24-19/h3-6,8,10-14H,7,9H2,1-2H3,(H,22,23,24). The van der Waals surface area contributed by atoms with Gasteiger partial charge in [-0.1, -0.05) is 26.0 Å². The minimum Gasteiger partial charge on any atom is -0.301 e. The molecule has 0 aliphatic heterocycles. The molecule has 0 aliphatic rings. The molecule has 4 aromatic rings. The number of rotatable bonds is 6. The van der Waals surface area contributed by atoms with Crippen molar-refractivity contribution in [3.63, 3.8) is 0 Å². The van der Waals surface area contributed by atoms with Crippen molar-refractivity contribution in [1.82, 2.24) is 24.7 Å². The number of hydrogen-bond acceptors (Lipinski definition) is 4. The molecule has 138 valence electrons. The summed E-state index contributed by atoms with van der Waals surface area (Å²) in [5.41, 5.74) is 2.78. The molecular formula is C20H21N5OS. The van der Waals surface area contributed by atoms with E-state index < -0.39 is 10.8 Å². The summed E-state index contributed by atoms with van der Waals surface area (Å²) >= 11 is 0. The summed E-state index contributed by atoms with van der Waals surface area (Å²) in [5.74, 6) is 1.94. The van der Waals surface area contributed by atoms with Crippen LogP contribution in [0.4, 0.5) is 0 Å². The molecule has 0 radical (unpaired) electrons. The summed E-state index contributed by atoms with van der Waals surface area (Å²) in [7, 11) is -1.01. The molecule has 3 aromatic heterocycles. The number of benzene rings is 1. The fourth-order valence-corrected chi connectivity index (χ4v) is 4.29. The summed E-state index contributed by atoms with van der Waals surface area (Å²) in [6.07, 6.45) is 6.16. The number of nitrogens with zero attached hydrogens (tertiary/aromatic N) is 4. The van der Waals surface area contributed by atoms with Gasteiger partial charge >= 0.3 is 0 Å². The van der Waals surface area contributed by atoms with Crippen molar-refractivity contribution in [2.24, 2.45) is 5.92 Å². The molecule has 0 aliphatic carbocycles. The lowest BCUT2D eigenvalue weighted by Gasteiger charge is -2.08. The molecule has 0 spiro atoms. The van der Waals surface area contributed by atoms with Crippen LogP contribution in [0.3, 0.4) is 0 Å². The Morgan fingerprint density at radius 3 is 2.85 bits per heavy atom. The van der Waals surface area contributed by atoms with Crippen molar-refractivity contribution in [2.45, 2.75) is 25.2 Å². The van der Waals surface area contributed by atoms with E-state index in [2.05, 4.69) is 34.0 Å². The molecule has 0 amide bonds. The van der Waals surface area contributed by atoms with Gasteiger partial charge in [0.2, 0.25) is 0 Å². The fraction of sp³-hybridized carbons (Fsp3) is 0.250. The molecule has 0 bridgehead atoms. The van der Waals surface area contributed by atoms with Crippen molar-refractivity contribution in [2.75, 3.05) is 5.75 Å². The van der Waals surface area contributed by atoms with Gasteiger partial charge in [-0.2, -0.15) is 5.10 Å². The largest absolute Gasteiger partial charge is 0.301 e. The zero-order valence-corrected chi connectivity index (χ0v) is 16.1. The van der Waals surface area contributed by atoms with Crippen molar-refractivity contribution >= 4 is 21.8 Å². The van der Waals surface area contributed by atoms with Gasteiger partial charge in [-0.05, 0) is 36.6 Å². The van der Waals surface area contributed by atoms with E-state index >= 15 is 0 Å². The van der Waals surface area contributed by atoms with Crippen LogP contribution in [0.25, 0.3) is 28.1 Å². The Balaban J connectivity index is 1.66. The Bertz CT molecular complexity index is 1080. The van der Waals surface area contributed by atoms with E-state index in [9.17, 15) is 4.21 Å². The molecule has 1 aromatic carbocycles. The quantitative estimate of drug-likeness (QED) is 0.550. The lowest BCUT2D eigenvalue weighted by molar-refractivity contribution is 0.619. The van der Waals surface area contributed by atoms with Gasteiger partial charge in [0.25, 0.3) is 0 Å². The number of fused-ring (bicyclic) bond motifs is 1. The van der Waals surface area contributed by atoms with Crippen molar-refractivity contribution in [1.29, 1.82) is 0 Å². The van der Waals surface area contributed by atoms with Crippen LogP contribution in [0.2, 0.25) is 0 Å². The summed E-state index contributed by atoms with van der Waals surface area (Å²) < 4.78 is 14.5. The van der Waals surface area contributed by atoms with Crippen LogP contribution < -0.4 is 0 Å². The predicted octanol–water partition coefficient (Wildman–Crippen LogP) is 3.96. The third kappa shape index (κ3) is 3.68. The molecule has 0 saturated heterocycles. The lowest BCUT2D eigenvalue weighted by atomic mass is 10.2. The molecule has 0 saturated carbocycles. The first-order chi connectivity index (χ1) is 13.1. The highest BCUT2D eigenvalue weighted by molar-refractivity contribution is 7.85. The molecule has 1 N–H and O–H groups in total. The molecule has 3 heterocycles. The van der Waals surface area contributed by atoms with E-state index in [4.69, 9.17) is 0 Å². The minimum absolute atomic E-state index is 0.545. The highest BCUT2D eigenvalue weighted by Crippen LogP contribution is 2.24. The highest BCUT2D eigenvalue weighted by atomic mass is 32.2. The zero-order valence-electron chi connectivity index (χ0n) is 15.3. The first-order valence-electron chi connectivity index (χ1n) is 8.93. The smallest absolute Gasteiger partial charge is 0.155 e. The SMILES string of the molecule is CC(C)CCS(=O)c1cnc2c(ccn2-c2cccc(-c3ncn[nH]3)c2)c1. The van der Waals surface area contributed by atoms with Gasteiger partial charge in [0.1, 0.15) is 12.0 Å². The van der Waals surface area contributed by atoms with Crippen LogP contribution in [-0.2, 0) is 10.8 Å². The van der Waals surface area contributed by atoms with Crippen LogP contribution in [-0.4, -0.2) is 34.7 Å². The number of pyridine rings is 1. The molecule has 27 heavy (non-hydrogen) atoms. The van der Waals surface area contributed by atoms with Gasteiger partial charge in [-0.3, -0.25) is 9.31 Å². The molecule has 1 atom stereocenters. The molecular weight excluding hydrogens is 358 g/mol. The number of hydrogen-bond donors (Lipinski definition) is 1. The highest BCUT2D eigenvalue weighted by Gasteiger charge is 2.11. The van der Waals surface area contributed by atoms with Gasteiger partial charge in [0, 0.05) is 34.8 Å². The van der Waals surface area contributed by atoms with E-state index in [1.807, 2.05) is 47.2 Å². The number of aromatic amines is 1. The summed E-state index contributed by atoms with van der Waals surface area (Å²) in [5, 5.41) is 7.77. The monoisotopic (exact) mass is 379 g/mol. The third-order valence-electron chi connectivity index (χ3n) is 4.46. The van der Waals surface area contributed by atoms with Crippen LogP contribution >= 0.6 is 0 Å². The fourth-order valence-electron chi connectivity index (χ4n) is 2.94. The third-order valence-corrected chi connectivity index (χ3v) is 5.81. The normalized spacial score (nSPS) is 12.7. The first-order valence-corrected chi connectivity index (χ1v) is 10.3. The van der Waals surface area contributed by atoms with E-state index in [0.29, 0.717) is 11.7 Å². The Hall–Kier alpha value is -2.80. The van der Waals surface area contributed by atoms with Crippen molar-refractivity contribution < 1.29 is 4.21 Å². The average Bonchev–Trinajstić information content (AvgIpc) is 3.35. The molecule has 4 rings (SSSR count). The molecule has 1 unspecified atom stereocenters. The van der Waals surface area contributed by atoms with Gasteiger partial charge in [0.05, 0.1) is 15.7 Å². The van der Waals surface area contributed by atoms with Gasteiger partial charge < -0.3 is 4.57 Å². The summed E-state index contributed by atoms with van der Waals surface area (Å²) in [4.78, 5) is 9.59. The maximum Gasteiger partial charge on any atom is 0.155 e. The first kappa shape index (κ1) is 17.6. The predicted molar refractivity (Wildman–Crippen MR) is 107 cm³/mol. The van der Waals surface area contributed by atoms with Gasteiger partial charge in [-0.15, -0.1) is 0 Å². The van der Waals surface area contributed by atoms with Gasteiger partial charge in [0.15, 0.2) is 5.82 Å². The number of aromatic nitrogens is 5. The average molecular weight is 379 g/mol. The molecule has 0 fully saturated rings. The Morgan fingerprint density at radius 2 is 2.07 bits per heavy atom. The molecule has 6 nitrogen and oxygen atoms in total. The summed E-state index contributed by atoms with van der Waals surface area (Å²) in [6, 6.07) is 12.0. The lowest BCUT2D eigenvalue weighted by Crippen LogP contribution is -2.02. The molecule has 7 heteroatoms. The van der Waals surface area contributed by atoms with Gasteiger partial charge in [-0.25, -0.2) is 9.97 Å². The van der Waals surface area contributed by atoms with Crippen molar-refractivity contribution in [3.8, 4) is 17.1 Å². The Labute approximate surface area is 160 Å². The van der Waals surface area contributed by atoms with E-state index in [0.717, 1.165) is 39.4 Å². The maximum atomic E-state index is 12.5. The van der Waals surface area contributed by atoms with Crippen LogP contribution in [0.1, 0.15) is 20.3 Å². The number of H-pyrrole nitrogens is 1. The van der Waals surface area contributed by atoms with E-state index in [-0.39, 0.29) is 0 Å².